The van der Waals surface area contributed by atoms with E-state index in [1.54, 1.807) is 24.4 Å². The molecule has 7 nitrogen and oxygen atoms in total. The van der Waals surface area contributed by atoms with Gasteiger partial charge in [0.15, 0.2) is 5.65 Å². The number of aromatic nitrogens is 2. The van der Waals surface area contributed by atoms with Crippen molar-refractivity contribution >= 4 is 49.0 Å². The number of hydrogen-bond acceptors (Lipinski definition) is 6. The average molecular weight is 394 g/mol. The zero-order valence-corrected chi connectivity index (χ0v) is 16.1. The Morgan fingerprint density at radius 1 is 1.00 bits per heavy atom. The Bertz CT molecular complexity index is 1240. The summed E-state index contributed by atoms with van der Waals surface area (Å²) in [6.07, 6.45) is 2.81. The van der Waals surface area contributed by atoms with Crippen LogP contribution in [0.4, 0.5) is 17.1 Å². The van der Waals surface area contributed by atoms with E-state index < -0.39 is 10.0 Å². The first-order chi connectivity index (χ1) is 13.4. The van der Waals surface area contributed by atoms with Crippen LogP contribution in [0.25, 0.3) is 21.9 Å². The first kappa shape index (κ1) is 18.0. The highest BCUT2D eigenvalue weighted by molar-refractivity contribution is 7.92. The van der Waals surface area contributed by atoms with Crippen LogP contribution < -0.4 is 14.8 Å². The monoisotopic (exact) mass is 394 g/mol. The molecule has 28 heavy (non-hydrogen) atoms. The minimum atomic E-state index is -3.41. The molecular weight excluding hydrogens is 376 g/mol. The summed E-state index contributed by atoms with van der Waals surface area (Å²) in [6, 6.07) is 16.8. The molecule has 4 rings (SSSR count). The second-order valence-corrected chi connectivity index (χ2v) is 8.04. The number of pyridine rings is 2. The molecule has 2 heterocycles. The van der Waals surface area contributed by atoms with Crippen molar-refractivity contribution in [2.75, 3.05) is 23.4 Å². The molecule has 8 heteroatoms. The highest BCUT2D eigenvalue weighted by Gasteiger charge is 2.12. The Morgan fingerprint density at radius 3 is 2.57 bits per heavy atom. The lowest BCUT2D eigenvalue weighted by atomic mass is 10.1. The van der Waals surface area contributed by atoms with Crippen molar-refractivity contribution in [1.82, 2.24) is 9.97 Å². The number of fused-ring (bicyclic) bond motifs is 2. The molecule has 0 bridgehead atoms. The predicted octanol–water partition coefficient (Wildman–Crippen LogP) is 3.91. The fraction of sp³-hybridized carbons (Fsp3) is 0.100. The minimum Gasteiger partial charge on any atom is -0.494 e. The van der Waals surface area contributed by atoms with Gasteiger partial charge in [-0.1, -0.05) is 18.2 Å². The second kappa shape index (κ2) is 6.97. The Labute approximate surface area is 162 Å². The van der Waals surface area contributed by atoms with Gasteiger partial charge >= 0.3 is 0 Å². The third-order valence-corrected chi connectivity index (χ3v) is 4.81. The van der Waals surface area contributed by atoms with Gasteiger partial charge in [0.25, 0.3) is 0 Å². The van der Waals surface area contributed by atoms with Crippen LogP contribution in [-0.4, -0.2) is 31.8 Å². The first-order valence-corrected chi connectivity index (χ1v) is 10.4. The number of sulfonamides is 1. The topological polar surface area (TPSA) is 93.2 Å². The molecule has 0 spiro atoms. The van der Waals surface area contributed by atoms with Crippen LogP contribution in [0.2, 0.25) is 0 Å². The van der Waals surface area contributed by atoms with Crippen LogP contribution in [0.3, 0.4) is 0 Å². The van der Waals surface area contributed by atoms with E-state index in [1.807, 2.05) is 36.4 Å². The van der Waals surface area contributed by atoms with Crippen molar-refractivity contribution in [3.8, 4) is 5.75 Å². The number of anilines is 3. The molecule has 0 amide bonds. The number of nitrogens with one attached hydrogen (secondary N) is 2. The number of methoxy groups -OCH3 is 1. The van der Waals surface area contributed by atoms with Crippen LogP contribution in [0.15, 0.2) is 60.8 Å². The van der Waals surface area contributed by atoms with E-state index in [2.05, 4.69) is 20.0 Å². The molecule has 0 unspecified atom stereocenters. The van der Waals surface area contributed by atoms with E-state index in [1.165, 1.54) is 7.11 Å². The molecule has 4 aromatic rings. The van der Waals surface area contributed by atoms with Crippen molar-refractivity contribution in [1.29, 1.82) is 0 Å². The lowest BCUT2D eigenvalue weighted by Gasteiger charge is -2.15. The van der Waals surface area contributed by atoms with Gasteiger partial charge in [0.2, 0.25) is 10.0 Å². The maximum Gasteiger partial charge on any atom is 0.229 e. The molecule has 0 aliphatic rings. The van der Waals surface area contributed by atoms with Crippen LogP contribution in [0, 0.1) is 0 Å². The van der Waals surface area contributed by atoms with Gasteiger partial charge in [0, 0.05) is 28.7 Å². The van der Waals surface area contributed by atoms with Gasteiger partial charge in [-0.15, -0.1) is 0 Å². The number of para-hydroxylation sites is 1. The summed E-state index contributed by atoms with van der Waals surface area (Å²) < 4.78 is 30.9. The average Bonchev–Trinajstić information content (AvgIpc) is 2.67. The Balaban J connectivity index is 1.83. The molecule has 0 aliphatic heterocycles. The highest BCUT2D eigenvalue weighted by Crippen LogP contribution is 2.35. The summed E-state index contributed by atoms with van der Waals surface area (Å²) in [4.78, 5) is 8.98. The van der Waals surface area contributed by atoms with E-state index in [-0.39, 0.29) is 0 Å². The van der Waals surface area contributed by atoms with Crippen molar-refractivity contribution in [2.45, 2.75) is 0 Å². The maximum absolute atomic E-state index is 11.5. The van der Waals surface area contributed by atoms with Gasteiger partial charge in [-0.2, -0.15) is 0 Å². The van der Waals surface area contributed by atoms with Crippen molar-refractivity contribution < 1.29 is 13.2 Å². The number of nitrogens with zero attached hydrogens (tertiary/aromatic N) is 2. The fourth-order valence-electron chi connectivity index (χ4n) is 3.05. The SMILES string of the molecule is COc1cc(Nc2c3ccccc3nc3ncccc23)ccc1NS(C)(=O)=O. The third kappa shape index (κ3) is 3.54. The molecule has 2 aromatic carbocycles. The molecule has 2 N–H and O–H groups in total. The van der Waals surface area contributed by atoms with Gasteiger partial charge in [-0.3, -0.25) is 4.72 Å². The van der Waals surface area contributed by atoms with Crippen LogP contribution in [-0.2, 0) is 10.0 Å². The first-order valence-electron chi connectivity index (χ1n) is 8.51. The van der Waals surface area contributed by atoms with Gasteiger partial charge in [0.1, 0.15) is 5.75 Å². The lowest BCUT2D eigenvalue weighted by Crippen LogP contribution is -2.10. The van der Waals surface area contributed by atoms with Crippen molar-refractivity contribution in [3.05, 3.63) is 60.8 Å². The molecule has 2 aromatic heterocycles. The minimum absolute atomic E-state index is 0.377. The molecule has 0 radical (unpaired) electrons. The summed E-state index contributed by atoms with van der Waals surface area (Å²) >= 11 is 0. The third-order valence-electron chi connectivity index (χ3n) is 4.22. The van der Waals surface area contributed by atoms with E-state index >= 15 is 0 Å². The summed E-state index contributed by atoms with van der Waals surface area (Å²) in [7, 11) is -1.91. The largest absolute Gasteiger partial charge is 0.494 e. The standard InChI is InChI=1S/C20H18N4O3S/c1-27-18-12-13(9-10-17(18)24-28(2,25)26)22-19-14-6-3-4-8-16(14)23-20-15(19)7-5-11-21-20/h3-12,24H,1-2H3,(H,21,22,23). The smallest absolute Gasteiger partial charge is 0.229 e. The Kier molecular flexibility index (Phi) is 4.48. The van der Waals surface area contributed by atoms with Gasteiger partial charge in [-0.05, 0) is 30.3 Å². The fourth-order valence-corrected chi connectivity index (χ4v) is 3.62. The van der Waals surface area contributed by atoms with Crippen LogP contribution >= 0.6 is 0 Å². The molecule has 0 fully saturated rings. The quantitative estimate of drug-likeness (QED) is 0.499. The van der Waals surface area contributed by atoms with Gasteiger partial charge in [-0.25, -0.2) is 18.4 Å². The zero-order chi connectivity index (χ0) is 19.7. The van der Waals surface area contributed by atoms with E-state index in [0.29, 0.717) is 17.1 Å². The second-order valence-electron chi connectivity index (χ2n) is 6.29. The van der Waals surface area contributed by atoms with Crippen molar-refractivity contribution in [2.24, 2.45) is 0 Å². The normalized spacial score (nSPS) is 11.5. The van der Waals surface area contributed by atoms with E-state index in [9.17, 15) is 8.42 Å². The molecule has 0 atom stereocenters. The number of hydrogen-bond donors (Lipinski definition) is 2. The van der Waals surface area contributed by atoms with Crippen LogP contribution in [0.1, 0.15) is 0 Å². The van der Waals surface area contributed by atoms with Crippen molar-refractivity contribution in [3.63, 3.8) is 0 Å². The highest BCUT2D eigenvalue weighted by atomic mass is 32.2. The van der Waals surface area contributed by atoms with Crippen LogP contribution in [0.5, 0.6) is 5.75 Å². The molecule has 0 saturated carbocycles. The summed E-state index contributed by atoms with van der Waals surface area (Å²) in [5.41, 5.74) is 3.48. The Hall–Kier alpha value is -3.39. The Morgan fingerprint density at radius 2 is 1.79 bits per heavy atom. The lowest BCUT2D eigenvalue weighted by molar-refractivity contribution is 0.417. The molecule has 0 saturated heterocycles. The maximum atomic E-state index is 11.5. The molecule has 0 aliphatic carbocycles. The summed E-state index contributed by atoms with van der Waals surface area (Å²) in [5.74, 6) is 0.413. The number of ether oxygens (including phenoxy) is 1. The number of benzene rings is 2. The molecular formula is C20H18N4O3S. The zero-order valence-electron chi connectivity index (χ0n) is 15.3. The predicted molar refractivity (Wildman–Crippen MR) is 112 cm³/mol. The number of rotatable bonds is 5. The van der Waals surface area contributed by atoms with Gasteiger partial charge in [0.05, 0.1) is 30.3 Å². The van der Waals surface area contributed by atoms with E-state index in [4.69, 9.17) is 4.74 Å². The summed E-state index contributed by atoms with van der Waals surface area (Å²) in [5, 5.41) is 5.26. The summed E-state index contributed by atoms with van der Waals surface area (Å²) in [6.45, 7) is 0. The van der Waals surface area contributed by atoms with E-state index in [0.717, 1.165) is 33.9 Å². The molecule has 142 valence electrons. The van der Waals surface area contributed by atoms with Gasteiger partial charge < -0.3 is 10.1 Å².